The molecular formula is C15H24IN3O. The molecule has 4 nitrogen and oxygen atoms in total. The van der Waals surface area contributed by atoms with Gasteiger partial charge in [0.05, 0.1) is 0 Å². The van der Waals surface area contributed by atoms with Gasteiger partial charge in [0.15, 0.2) is 5.96 Å². The second kappa shape index (κ2) is 9.05. The fraction of sp³-hybridized carbons (Fsp3) is 0.533. The summed E-state index contributed by atoms with van der Waals surface area (Å²) in [5.74, 6) is 2.08. The highest BCUT2D eigenvalue weighted by Crippen LogP contribution is 2.27. The smallest absolute Gasteiger partial charge is 0.190 e. The average molecular weight is 389 g/mol. The third-order valence-corrected chi connectivity index (χ3v) is 3.35. The number of halogens is 1. The van der Waals surface area contributed by atoms with E-state index in [1.807, 2.05) is 19.2 Å². The first kappa shape index (κ1) is 17.1. The van der Waals surface area contributed by atoms with Crippen LogP contribution >= 0.6 is 24.0 Å². The van der Waals surface area contributed by atoms with E-state index in [0.717, 1.165) is 37.8 Å². The highest BCUT2D eigenvalue weighted by atomic mass is 127. The molecule has 0 bridgehead atoms. The lowest BCUT2D eigenvalue weighted by molar-refractivity contribution is 0.475. The number of nitrogens with one attached hydrogen (secondary N) is 2. The number of aliphatic imine (C=N–C) groups is 1. The van der Waals surface area contributed by atoms with Gasteiger partial charge in [-0.15, -0.1) is 24.0 Å². The molecule has 1 saturated carbocycles. The third kappa shape index (κ3) is 6.45. The normalized spacial score (nSPS) is 14.6. The van der Waals surface area contributed by atoms with Crippen LogP contribution in [0.2, 0.25) is 0 Å². The molecule has 0 radical (unpaired) electrons. The molecule has 112 valence electrons. The molecule has 1 aromatic carbocycles. The maximum absolute atomic E-state index is 9.21. The summed E-state index contributed by atoms with van der Waals surface area (Å²) in [4.78, 5) is 4.21. The molecule has 3 N–H and O–H groups in total. The van der Waals surface area contributed by atoms with Crippen molar-refractivity contribution >= 4 is 29.9 Å². The number of phenolic OH excluding ortho intramolecular Hbond substituents is 1. The van der Waals surface area contributed by atoms with Crippen molar-refractivity contribution in [3.05, 3.63) is 29.8 Å². The minimum absolute atomic E-state index is 0. The van der Waals surface area contributed by atoms with Gasteiger partial charge in [0.1, 0.15) is 5.75 Å². The van der Waals surface area contributed by atoms with E-state index in [1.54, 1.807) is 12.1 Å². The summed E-state index contributed by atoms with van der Waals surface area (Å²) < 4.78 is 0. The van der Waals surface area contributed by atoms with Gasteiger partial charge in [0.25, 0.3) is 0 Å². The Bertz CT molecular complexity index is 416. The minimum atomic E-state index is 0. The third-order valence-electron chi connectivity index (χ3n) is 3.35. The van der Waals surface area contributed by atoms with E-state index in [0.29, 0.717) is 5.75 Å². The van der Waals surface area contributed by atoms with E-state index in [-0.39, 0.29) is 24.0 Å². The summed E-state index contributed by atoms with van der Waals surface area (Å²) in [5.41, 5.74) is 1.25. The van der Waals surface area contributed by atoms with Crippen LogP contribution < -0.4 is 10.6 Å². The van der Waals surface area contributed by atoms with Gasteiger partial charge in [0.2, 0.25) is 0 Å². The number of hydrogen-bond acceptors (Lipinski definition) is 2. The Labute approximate surface area is 138 Å². The Hall–Kier alpha value is -0.980. The first-order valence-electron chi connectivity index (χ1n) is 7.00. The van der Waals surface area contributed by atoms with E-state index < -0.39 is 0 Å². The monoisotopic (exact) mass is 389 g/mol. The molecule has 0 heterocycles. The Balaban J connectivity index is 0.00000200. The molecule has 0 saturated heterocycles. The second-order valence-corrected chi connectivity index (χ2v) is 5.09. The molecule has 0 spiro atoms. The number of aromatic hydroxyl groups is 1. The first-order chi connectivity index (χ1) is 9.28. The van der Waals surface area contributed by atoms with Crippen molar-refractivity contribution in [1.82, 2.24) is 10.6 Å². The molecule has 0 atom stereocenters. The predicted octanol–water partition coefficient (Wildman–Crippen LogP) is 2.52. The van der Waals surface area contributed by atoms with E-state index >= 15 is 0 Å². The number of rotatable bonds is 6. The van der Waals surface area contributed by atoms with Crippen LogP contribution in [0.25, 0.3) is 0 Å². The van der Waals surface area contributed by atoms with Crippen LogP contribution in [-0.4, -0.2) is 31.2 Å². The quantitative estimate of drug-likeness (QED) is 0.303. The molecular weight excluding hydrogens is 365 g/mol. The first-order valence-corrected chi connectivity index (χ1v) is 7.00. The van der Waals surface area contributed by atoms with Crippen molar-refractivity contribution in [2.75, 3.05) is 20.1 Å². The number of phenols is 1. The van der Waals surface area contributed by atoms with Crippen molar-refractivity contribution in [3.8, 4) is 5.75 Å². The highest BCUT2D eigenvalue weighted by Gasteiger charge is 2.20. The fourth-order valence-electron chi connectivity index (χ4n) is 1.95. The summed E-state index contributed by atoms with van der Waals surface area (Å²) >= 11 is 0. The summed E-state index contributed by atoms with van der Waals surface area (Å²) in [7, 11) is 1.81. The van der Waals surface area contributed by atoms with Crippen molar-refractivity contribution in [3.63, 3.8) is 0 Å². The number of aryl methyl sites for hydroxylation is 1. The lowest BCUT2D eigenvalue weighted by atomic mass is 10.1. The van der Waals surface area contributed by atoms with Gasteiger partial charge < -0.3 is 15.7 Å². The fourth-order valence-corrected chi connectivity index (χ4v) is 1.95. The van der Waals surface area contributed by atoms with Crippen LogP contribution in [0.15, 0.2) is 29.3 Å². The van der Waals surface area contributed by atoms with E-state index in [2.05, 4.69) is 15.6 Å². The van der Waals surface area contributed by atoms with Gasteiger partial charge in [-0.1, -0.05) is 12.1 Å². The largest absolute Gasteiger partial charge is 0.508 e. The summed E-state index contributed by atoms with van der Waals surface area (Å²) in [6.45, 7) is 1.95. The van der Waals surface area contributed by atoms with Gasteiger partial charge in [-0.2, -0.15) is 0 Å². The van der Waals surface area contributed by atoms with Gasteiger partial charge in [-0.05, 0) is 49.3 Å². The predicted molar refractivity (Wildman–Crippen MR) is 93.9 cm³/mol. The van der Waals surface area contributed by atoms with E-state index in [1.165, 1.54) is 18.4 Å². The molecule has 1 aliphatic rings. The Morgan fingerprint density at radius 3 is 2.55 bits per heavy atom. The van der Waals surface area contributed by atoms with Crippen LogP contribution in [0.4, 0.5) is 0 Å². The Morgan fingerprint density at radius 2 is 1.95 bits per heavy atom. The summed E-state index contributed by atoms with van der Waals surface area (Å²) in [6, 6.07) is 7.41. The van der Waals surface area contributed by atoms with Crippen molar-refractivity contribution < 1.29 is 5.11 Å². The Kier molecular flexibility index (Phi) is 7.72. The molecule has 20 heavy (non-hydrogen) atoms. The number of benzene rings is 1. The van der Waals surface area contributed by atoms with Gasteiger partial charge in [-0.25, -0.2) is 0 Å². The molecule has 0 amide bonds. The standard InChI is InChI=1S/C15H23N3O.HI/c1-16-15(18-11-13-4-5-13)17-10-2-3-12-6-8-14(19)9-7-12;/h6-9,13,19H,2-5,10-11H2,1H3,(H2,16,17,18);1H. The van der Waals surface area contributed by atoms with Crippen LogP contribution in [0.5, 0.6) is 5.75 Å². The number of nitrogens with zero attached hydrogens (tertiary/aromatic N) is 1. The van der Waals surface area contributed by atoms with E-state index in [4.69, 9.17) is 0 Å². The molecule has 5 heteroatoms. The molecule has 1 aliphatic carbocycles. The minimum Gasteiger partial charge on any atom is -0.508 e. The SMILES string of the molecule is CN=C(NCCCc1ccc(O)cc1)NCC1CC1.I. The molecule has 2 rings (SSSR count). The zero-order valence-corrected chi connectivity index (χ0v) is 14.3. The molecule has 1 fully saturated rings. The molecule has 0 aliphatic heterocycles. The van der Waals surface area contributed by atoms with Gasteiger partial charge in [0, 0.05) is 20.1 Å². The highest BCUT2D eigenvalue weighted by molar-refractivity contribution is 14.0. The maximum atomic E-state index is 9.21. The van der Waals surface area contributed by atoms with Crippen LogP contribution in [-0.2, 0) is 6.42 Å². The zero-order valence-electron chi connectivity index (χ0n) is 11.9. The molecule has 1 aromatic rings. The second-order valence-electron chi connectivity index (χ2n) is 5.09. The Morgan fingerprint density at radius 1 is 1.25 bits per heavy atom. The van der Waals surface area contributed by atoms with E-state index in [9.17, 15) is 5.11 Å². The van der Waals surface area contributed by atoms with Gasteiger partial charge >= 0.3 is 0 Å². The summed E-state index contributed by atoms with van der Waals surface area (Å²) in [6.07, 6.45) is 4.76. The lowest BCUT2D eigenvalue weighted by Gasteiger charge is -2.11. The zero-order chi connectivity index (χ0) is 13.5. The number of guanidine groups is 1. The van der Waals surface area contributed by atoms with Crippen LogP contribution in [0, 0.1) is 5.92 Å². The van der Waals surface area contributed by atoms with Crippen LogP contribution in [0.1, 0.15) is 24.8 Å². The van der Waals surface area contributed by atoms with Crippen LogP contribution in [0.3, 0.4) is 0 Å². The maximum Gasteiger partial charge on any atom is 0.190 e. The van der Waals surface area contributed by atoms with Crippen molar-refractivity contribution in [2.45, 2.75) is 25.7 Å². The number of hydrogen-bond donors (Lipinski definition) is 3. The van der Waals surface area contributed by atoms with Crippen molar-refractivity contribution in [1.29, 1.82) is 0 Å². The van der Waals surface area contributed by atoms with Gasteiger partial charge in [-0.3, -0.25) is 4.99 Å². The molecule has 0 aromatic heterocycles. The van der Waals surface area contributed by atoms with Crippen molar-refractivity contribution in [2.24, 2.45) is 10.9 Å². The lowest BCUT2D eigenvalue weighted by Crippen LogP contribution is -2.38. The average Bonchev–Trinajstić information content (AvgIpc) is 3.24. The topological polar surface area (TPSA) is 56.7 Å². The molecule has 0 unspecified atom stereocenters. The summed E-state index contributed by atoms with van der Waals surface area (Å²) in [5, 5.41) is 15.9.